The Balaban J connectivity index is 2.04. The third-order valence-corrected chi connectivity index (χ3v) is 2.81. The minimum Gasteiger partial charge on any atom is -0.489 e. The van der Waals surface area contributed by atoms with Crippen molar-refractivity contribution in [2.24, 2.45) is 5.73 Å². The summed E-state index contributed by atoms with van der Waals surface area (Å²) in [7, 11) is 0. The molecule has 2 nitrogen and oxygen atoms in total. The second-order valence-electron chi connectivity index (χ2n) is 3.89. The summed E-state index contributed by atoms with van der Waals surface area (Å²) >= 11 is 5.70. The first-order chi connectivity index (χ1) is 8.69. The predicted octanol–water partition coefficient (Wildman–Crippen LogP) is 3.52. The summed E-state index contributed by atoms with van der Waals surface area (Å²) in [5, 5.41) is 0.104. The lowest BCUT2D eigenvalue weighted by Gasteiger charge is -2.08. The van der Waals surface area contributed by atoms with Gasteiger partial charge in [-0.1, -0.05) is 29.8 Å². The van der Waals surface area contributed by atoms with Crippen molar-refractivity contribution in [1.82, 2.24) is 0 Å². The molecule has 0 aliphatic rings. The van der Waals surface area contributed by atoms with Crippen molar-refractivity contribution in [2.75, 3.05) is 0 Å². The van der Waals surface area contributed by atoms with Crippen LogP contribution in [0.4, 0.5) is 4.39 Å². The molecule has 2 N–H and O–H groups in total. The first kappa shape index (κ1) is 12.9. The van der Waals surface area contributed by atoms with E-state index in [9.17, 15) is 4.39 Å². The summed E-state index contributed by atoms with van der Waals surface area (Å²) in [4.78, 5) is 0. The van der Waals surface area contributed by atoms with Gasteiger partial charge in [-0.25, -0.2) is 4.39 Å². The lowest BCUT2D eigenvalue weighted by atomic mass is 10.2. The van der Waals surface area contributed by atoms with Gasteiger partial charge in [0.25, 0.3) is 0 Å². The molecule has 0 aromatic heterocycles. The highest BCUT2D eigenvalue weighted by molar-refractivity contribution is 6.30. The molecule has 0 bridgehead atoms. The average Bonchev–Trinajstić information content (AvgIpc) is 2.40. The van der Waals surface area contributed by atoms with Gasteiger partial charge in [0.2, 0.25) is 0 Å². The number of ether oxygens (including phenoxy) is 1. The number of benzene rings is 2. The summed E-state index contributed by atoms with van der Waals surface area (Å²) in [6.07, 6.45) is 0. The Morgan fingerprint density at radius 3 is 2.67 bits per heavy atom. The molecule has 94 valence electrons. The monoisotopic (exact) mass is 265 g/mol. The van der Waals surface area contributed by atoms with Crippen molar-refractivity contribution in [3.05, 3.63) is 64.4 Å². The van der Waals surface area contributed by atoms with Gasteiger partial charge in [0.1, 0.15) is 18.2 Å². The number of hydrogen-bond acceptors (Lipinski definition) is 2. The van der Waals surface area contributed by atoms with Crippen LogP contribution < -0.4 is 10.5 Å². The van der Waals surface area contributed by atoms with Crippen molar-refractivity contribution in [2.45, 2.75) is 13.2 Å². The molecule has 0 spiro atoms. The molecule has 0 amide bonds. The van der Waals surface area contributed by atoms with Crippen LogP contribution in [0.2, 0.25) is 5.02 Å². The lowest BCUT2D eigenvalue weighted by Crippen LogP contribution is -1.99. The van der Waals surface area contributed by atoms with Crippen molar-refractivity contribution in [3.63, 3.8) is 0 Å². The standard InChI is InChI=1S/C14H13ClFNO/c15-13-7-11(4-5-14(13)16)9-18-12-3-1-2-10(6-12)8-17/h1-7H,8-9,17H2. The van der Waals surface area contributed by atoms with Gasteiger partial charge < -0.3 is 10.5 Å². The molecule has 4 heteroatoms. The van der Waals surface area contributed by atoms with Crippen LogP contribution in [0.3, 0.4) is 0 Å². The number of hydrogen-bond donors (Lipinski definition) is 1. The highest BCUT2D eigenvalue weighted by Crippen LogP contribution is 2.18. The SMILES string of the molecule is NCc1cccc(OCc2ccc(F)c(Cl)c2)c1. The van der Waals surface area contributed by atoms with Crippen molar-refractivity contribution < 1.29 is 9.13 Å². The summed E-state index contributed by atoms with van der Waals surface area (Å²) < 4.78 is 18.6. The fourth-order valence-electron chi connectivity index (χ4n) is 1.56. The number of rotatable bonds is 4. The Bertz CT molecular complexity index is 545. The molecule has 0 atom stereocenters. The van der Waals surface area contributed by atoms with Gasteiger partial charge in [0.15, 0.2) is 0 Å². The van der Waals surface area contributed by atoms with E-state index in [4.69, 9.17) is 22.1 Å². The van der Waals surface area contributed by atoms with Gasteiger partial charge in [0.05, 0.1) is 5.02 Å². The van der Waals surface area contributed by atoms with Gasteiger partial charge in [0, 0.05) is 6.54 Å². The molecule has 2 aromatic rings. The quantitative estimate of drug-likeness (QED) is 0.918. The molecule has 0 aliphatic carbocycles. The minimum atomic E-state index is -0.425. The zero-order valence-electron chi connectivity index (χ0n) is 9.70. The second-order valence-corrected chi connectivity index (χ2v) is 4.30. The lowest BCUT2D eigenvalue weighted by molar-refractivity contribution is 0.306. The fourth-order valence-corrected chi connectivity index (χ4v) is 1.76. The van der Waals surface area contributed by atoms with Gasteiger partial charge in [-0.2, -0.15) is 0 Å². The van der Waals surface area contributed by atoms with Crippen LogP contribution in [0, 0.1) is 5.82 Å². The molecule has 18 heavy (non-hydrogen) atoms. The smallest absolute Gasteiger partial charge is 0.141 e. The van der Waals surface area contributed by atoms with Crippen molar-refractivity contribution in [1.29, 1.82) is 0 Å². The molecular formula is C14H13ClFNO. The van der Waals surface area contributed by atoms with Crippen LogP contribution >= 0.6 is 11.6 Å². The normalized spacial score (nSPS) is 10.4. The van der Waals surface area contributed by atoms with E-state index in [1.165, 1.54) is 6.07 Å². The van der Waals surface area contributed by atoms with Crippen molar-refractivity contribution >= 4 is 11.6 Å². The van der Waals surface area contributed by atoms with E-state index in [0.29, 0.717) is 13.2 Å². The van der Waals surface area contributed by atoms with Gasteiger partial charge >= 0.3 is 0 Å². The predicted molar refractivity (Wildman–Crippen MR) is 70.1 cm³/mol. The zero-order chi connectivity index (χ0) is 13.0. The Kier molecular flexibility index (Phi) is 4.18. The van der Waals surface area contributed by atoms with Crippen LogP contribution in [0.5, 0.6) is 5.75 Å². The number of nitrogens with two attached hydrogens (primary N) is 1. The minimum absolute atomic E-state index is 0.104. The highest BCUT2D eigenvalue weighted by atomic mass is 35.5. The maximum absolute atomic E-state index is 13.0. The van der Waals surface area contributed by atoms with Gasteiger partial charge in [-0.3, -0.25) is 0 Å². The Morgan fingerprint density at radius 1 is 1.11 bits per heavy atom. The topological polar surface area (TPSA) is 35.2 Å². The van der Waals surface area contributed by atoms with E-state index in [2.05, 4.69) is 0 Å². The van der Waals surface area contributed by atoms with Gasteiger partial charge in [-0.15, -0.1) is 0 Å². The molecule has 0 heterocycles. The molecule has 0 saturated carbocycles. The first-order valence-corrected chi connectivity index (χ1v) is 5.92. The first-order valence-electron chi connectivity index (χ1n) is 5.55. The molecular weight excluding hydrogens is 253 g/mol. The molecule has 2 rings (SSSR count). The Labute approximate surface area is 110 Å². The maximum Gasteiger partial charge on any atom is 0.141 e. The molecule has 0 aliphatic heterocycles. The average molecular weight is 266 g/mol. The molecule has 0 saturated heterocycles. The van der Waals surface area contributed by atoms with E-state index in [1.807, 2.05) is 24.3 Å². The third kappa shape index (κ3) is 3.22. The summed E-state index contributed by atoms with van der Waals surface area (Å²) in [5.41, 5.74) is 7.37. The third-order valence-electron chi connectivity index (χ3n) is 2.52. The van der Waals surface area contributed by atoms with E-state index in [-0.39, 0.29) is 5.02 Å². The summed E-state index contributed by atoms with van der Waals surface area (Å²) in [6.45, 7) is 0.813. The molecule has 0 unspecified atom stereocenters. The van der Waals surface area contributed by atoms with E-state index < -0.39 is 5.82 Å². The molecule has 2 aromatic carbocycles. The van der Waals surface area contributed by atoms with Crippen LogP contribution in [0.25, 0.3) is 0 Å². The van der Waals surface area contributed by atoms with Gasteiger partial charge in [-0.05, 0) is 35.4 Å². The largest absolute Gasteiger partial charge is 0.489 e. The Hall–Kier alpha value is -1.58. The Morgan fingerprint density at radius 2 is 1.94 bits per heavy atom. The van der Waals surface area contributed by atoms with Crippen LogP contribution in [0.1, 0.15) is 11.1 Å². The summed E-state index contributed by atoms with van der Waals surface area (Å²) in [5.74, 6) is 0.309. The van der Waals surface area contributed by atoms with E-state index in [0.717, 1.165) is 16.9 Å². The van der Waals surface area contributed by atoms with Crippen LogP contribution in [-0.4, -0.2) is 0 Å². The number of halogens is 2. The van der Waals surface area contributed by atoms with Crippen LogP contribution in [0.15, 0.2) is 42.5 Å². The van der Waals surface area contributed by atoms with E-state index in [1.54, 1.807) is 12.1 Å². The maximum atomic E-state index is 13.0. The van der Waals surface area contributed by atoms with Crippen molar-refractivity contribution in [3.8, 4) is 5.75 Å². The molecule has 0 fully saturated rings. The highest BCUT2D eigenvalue weighted by Gasteiger charge is 2.02. The zero-order valence-corrected chi connectivity index (χ0v) is 10.5. The summed E-state index contributed by atoms with van der Waals surface area (Å²) in [6, 6.07) is 12.1. The second kappa shape index (κ2) is 5.85. The van der Waals surface area contributed by atoms with E-state index >= 15 is 0 Å². The van der Waals surface area contributed by atoms with Crippen LogP contribution in [-0.2, 0) is 13.2 Å². The molecule has 0 radical (unpaired) electrons. The fraction of sp³-hybridized carbons (Fsp3) is 0.143.